The van der Waals surface area contributed by atoms with Crippen LogP contribution in [0, 0.1) is 0 Å². The topological polar surface area (TPSA) is 47.0 Å². The maximum absolute atomic E-state index is 5.51. The molecule has 4 nitrogen and oxygen atoms in total. The quantitative estimate of drug-likeness (QED) is 0.806. The standard InChI is InChI=1S/C11H17N3OS/c1-8-10(3-4-15-8)16-11-13-6-9(5-12-2)7-14-11/h6-8,10,12H,3-5H2,1-2H3. The Morgan fingerprint density at radius 1 is 1.50 bits per heavy atom. The van der Waals surface area contributed by atoms with Crippen molar-refractivity contribution < 1.29 is 4.74 Å². The molecule has 1 aromatic rings. The first-order valence-electron chi connectivity index (χ1n) is 5.53. The maximum atomic E-state index is 5.51. The molecule has 2 heterocycles. The molecule has 2 atom stereocenters. The molecule has 5 heteroatoms. The Labute approximate surface area is 100 Å². The van der Waals surface area contributed by atoms with Gasteiger partial charge in [-0.3, -0.25) is 0 Å². The summed E-state index contributed by atoms with van der Waals surface area (Å²) in [5, 5.41) is 4.42. The van der Waals surface area contributed by atoms with Gasteiger partial charge in [0.15, 0.2) is 5.16 Å². The number of nitrogens with zero attached hydrogens (tertiary/aromatic N) is 2. The minimum Gasteiger partial charge on any atom is -0.377 e. The molecule has 0 aliphatic carbocycles. The molecule has 16 heavy (non-hydrogen) atoms. The van der Waals surface area contributed by atoms with Gasteiger partial charge in [0.05, 0.1) is 6.10 Å². The monoisotopic (exact) mass is 239 g/mol. The Kier molecular flexibility index (Phi) is 4.15. The number of hydrogen-bond acceptors (Lipinski definition) is 5. The largest absolute Gasteiger partial charge is 0.377 e. The summed E-state index contributed by atoms with van der Waals surface area (Å²) in [5.74, 6) is 0. The van der Waals surface area contributed by atoms with Crippen molar-refractivity contribution in [2.75, 3.05) is 13.7 Å². The first kappa shape index (κ1) is 11.8. The van der Waals surface area contributed by atoms with Gasteiger partial charge in [0.2, 0.25) is 0 Å². The Balaban J connectivity index is 1.94. The van der Waals surface area contributed by atoms with Crippen molar-refractivity contribution in [3.8, 4) is 0 Å². The summed E-state index contributed by atoms with van der Waals surface area (Å²) >= 11 is 1.72. The van der Waals surface area contributed by atoms with Crippen LogP contribution in [0.1, 0.15) is 18.9 Å². The Morgan fingerprint density at radius 3 is 2.81 bits per heavy atom. The zero-order valence-electron chi connectivity index (χ0n) is 9.64. The Bertz CT molecular complexity index is 331. The van der Waals surface area contributed by atoms with Crippen LogP contribution >= 0.6 is 11.8 Å². The molecule has 0 spiro atoms. The minimum atomic E-state index is 0.311. The van der Waals surface area contributed by atoms with Gasteiger partial charge >= 0.3 is 0 Å². The molecule has 2 unspecified atom stereocenters. The van der Waals surface area contributed by atoms with E-state index in [1.165, 1.54) is 0 Å². The highest BCUT2D eigenvalue weighted by Gasteiger charge is 2.25. The van der Waals surface area contributed by atoms with Crippen molar-refractivity contribution in [3.63, 3.8) is 0 Å². The van der Waals surface area contributed by atoms with Gasteiger partial charge in [0, 0.05) is 36.4 Å². The van der Waals surface area contributed by atoms with Crippen LogP contribution in [-0.2, 0) is 11.3 Å². The van der Waals surface area contributed by atoms with Gasteiger partial charge in [-0.15, -0.1) is 0 Å². The predicted octanol–water partition coefficient (Wildman–Crippen LogP) is 1.47. The van der Waals surface area contributed by atoms with E-state index in [9.17, 15) is 0 Å². The van der Waals surface area contributed by atoms with E-state index >= 15 is 0 Å². The van der Waals surface area contributed by atoms with Gasteiger partial charge in [-0.2, -0.15) is 0 Å². The van der Waals surface area contributed by atoms with E-state index in [-0.39, 0.29) is 0 Å². The lowest BCUT2D eigenvalue weighted by Crippen LogP contribution is -2.14. The van der Waals surface area contributed by atoms with Crippen LogP contribution in [0.5, 0.6) is 0 Å². The maximum Gasteiger partial charge on any atom is 0.187 e. The van der Waals surface area contributed by atoms with Gasteiger partial charge in [-0.1, -0.05) is 11.8 Å². The second-order valence-electron chi connectivity index (χ2n) is 3.93. The zero-order valence-corrected chi connectivity index (χ0v) is 10.5. The first-order valence-corrected chi connectivity index (χ1v) is 6.41. The molecule has 2 rings (SSSR count). The van der Waals surface area contributed by atoms with Crippen LogP contribution in [0.2, 0.25) is 0 Å². The zero-order chi connectivity index (χ0) is 11.4. The summed E-state index contributed by atoms with van der Waals surface area (Å²) in [5.41, 5.74) is 1.11. The SMILES string of the molecule is CNCc1cnc(SC2CCOC2C)nc1. The highest BCUT2D eigenvalue weighted by molar-refractivity contribution is 7.99. The van der Waals surface area contributed by atoms with Crippen LogP contribution < -0.4 is 5.32 Å². The fourth-order valence-corrected chi connectivity index (χ4v) is 2.68. The van der Waals surface area contributed by atoms with Gasteiger partial charge in [0.1, 0.15) is 0 Å². The molecular weight excluding hydrogens is 222 g/mol. The minimum absolute atomic E-state index is 0.311. The number of thioether (sulfide) groups is 1. The molecule has 0 saturated carbocycles. The second-order valence-corrected chi connectivity index (χ2v) is 5.13. The smallest absolute Gasteiger partial charge is 0.187 e. The second kappa shape index (κ2) is 5.61. The number of rotatable bonds is 4. The van der Waals surface area contributed by atoms with Gasteiger partial charge in [-0.25, -0.2) is 9.97 Å². The molecule has 1 fully saturated rings. The molecular formula is C11H17N3OS. The van der Waals surface area contributed by atoms with E-state index in [2.05, 4.69) is 22.2 Å². The van der Waals surface area contributed by atoms with Gasteiger partial charge in [0.25, 0.3) is 0 Å². The molecule has 0 radical (unpaired) electrons. The summed E-state index contributed by atoms with van der Waals surface area (Å²) < 4.78 is 5.51. The van der Waals surface area contributed by atoms with Crippen LogP contribution in [-0.4, -0.2) is 35.0 Å². The summed E-state index contributed by atoms with van der Waals surface area (Å²) in [7, 11) is 1.92. The van der Waals surface area contributed by atoms with Crippen molar-refractivity contribution in [3.05, 3.63) is 18.0 Å². The summed E-state index contributed by atoms with van der Waals surface area (Å²) in [6, 6.07) is 0. The lowest BCUT2D eigenvalue weighted by Gasteiger charge is -2.11. The summed E-state index contributed by atoms with van der Waals surface area (Å²) in [6.07, 6.45) is 5.16. The Hall–Kier alpha value is -0.650. The van der Waals surface area contributed by atoms with Crippen molar-refractivity contribution in [1.29, 1.82) is 0 Å². The average Bonchev–Trinajstić information content (AvgIpc) is 2.68. The molecule has 88 valence electrons. The number of nitrogens with one attached hydrogen (secondary N) is 1. The fourth-order valence-electron chi connectivity index (χ4n) is 1.70. The molecule has 1 saturated heterocycles. The van der Waals surface area contributed by atoms with E-state index in [4.69, 9.17) is 4.74 Å². The highest BCUT2D eigenvalue weighted by Crippen LogP contribution is 2.30. The number of hydrogen-bond donors (Lipinski definition) is 1. The number of ether oxygens (including phenoxy) is 1. The summed E-state index contributed by atoms with van der Waals surface area (Å²) in [6.45, 7) is 3.78. The molecule has 1 aliphatic rings. The molecule has 1 aliphatic heterocycles. The van der Waals surface area contributed by atoms with E-state index in [1.54, 1.807) is 11.8 Å². The predicted molar refractivity (Wildman–Crippen MR) is 64.5 cm³/mol. The molecule has 1 aromatic heterocycles. The third-order valence-corrected chi connectivity index (χ3v) is 3.97. The molecule has 0 bridgehead atoms. The van der Waals surface area contributed by atoms with E-state index in [0.717, 1.165) is 30.3 Å². The van der Waals surface area contributed by atoms with Gasteiger partial charge in [-0.05, 0) is 20.4 Å². The van der Waals surface area contributed by atoms with Crippen molar-refractivity contribution in [1.82, 2.24) is 15.3 Å². The lowest BCUT2D eigenvalue weighted by molar-refractivity contribution is 0.127. The van der Waals surface area contributed by atoms with Crippen molar-refractivity contribution >= 4 is 11.8 Å². The average molecular weight is 239 g/mol. The molecule has 0 aromatic carbocycles. The normalized spacial score (nSPS) is 24.9. The summed E-state index contributed by atoms with van der Waals surface area (Å²) in [4.78, 5) is 8.70. The van der Waals surface area contributed by atoms with Crippen LogP contribution in [0.15, 0.2) is 17.6 Å². The lowest BCUT2D eigenvalue weighted by atomic mass is 10.3. The van der Waals surface area contributed by atoms with Crippen LogP contribution in [0.3, 0.4) is 0 Å². The van der Waals surface area contributed by atoms with E-state index in [0.29, 0.717) is 11.4 Å². The van der Waals surface area contributed by atoms with Crippen molar-refractivity contribution in [2.45, 2.75) is 36.4 Å². The molecule has 1 N–H and O–H groups in total. The number of aromatic nitrogens is 2. The Morgan fingerprint density at radius 2 is 2.25 bits per heavy atom. The fraction of sp³-hybridized carbons (Fsp3) is 0.636. The first-order chi connectivity index (χ1) is 7.79. The molecule has 0 amide bonds. The highest BCUT2D eigenvalue weighted by atomic mass is 32.2. The third-order valence-electron chi connectivity index (χ3n) is 2.63. The van der Waals surface area contributed by atoms with Gasteiger partial charge < -0.3 is 10.1 Å². The third kappa shape index (κ3) is 2.93. The van der Waals surface area contributed by atoms with E-state index < -0.39 is 0 Å². The van der Waals surface area contributed by atoms with Crippen LogP contribution in [0.25, 0.3) is 0 Å². The van der Waals surface area contributed by atoms with Crippen molar-refractivity contribution in [2.24, 2.45) is 0 Å². The van der Waals surface area contributed by atoms with Crippen LogP contribution in [0.4, 0.5) is 0 Å². The van der Waals surface area contributed by atoms with E-state index in [1.807, 2.05) is 19.4 Å².